The van der Waals surface area contributed by atoms with Crippen molar-refractivity contribution in [2.24, 2.45) is 0 Å². The van der Waals surface area contributed by atoms with E-state index in [4.69, 9.17) is 27.9 Å². The van der Waals surface area contributed by atoms with E-state index in [-0.39, 0.29) is 6.10 Å². The van der Waals surface area contributed by atoms with Crippen molar-refractivity contribution in [2.45, 2.75) is 19.4 Å². The summed E-state index contributed by atoms with van der Waals surface area (Å²) in [6, 6.07) is 9.62. The molecule has 0 aliphatic heterocycles. The molecule has 0 fully saturated rings. The molecule has 1 atom stereocenters. The summed E-state index contributed by atoms with van der Waals surface area (Å²) >= 11 is 12.4. The van der Waals surface area contributed by atoms with E-state index in [1.54, 1.807) is 7.11 Å². The number of benzene rings is 1. The van der Waals surface area contributed by atoms with Gasteiger partial charge in [-0.25, -0.2) is 9.97 Å². The van der Waals surface area contributed by atoms with Gasteiger partial charge in [-0.2, -0.15) is 0 Å². The molecule has 5 heteroatoms. The number of methoxy groups -OCH3 is 1. The molecule has 0 aliphatic rings. The molecule has 1 heterocycles. The Morgan fingerprint density at radius 3 is 2.21 bits per heavy atom. The van der Waals surface area contributed by atoms with Crippen LogP contribution in [0.15, 0.2) is 30.3 Å². The van der Waals surface area contributed by atoms with Gasteiger partial charge in [-0.05, 0) is 12.5 Å². The van der Waals surface area contributed by atoms with Gasteiger partial charge in [-0.1, -0.05) is 53.5 Å². The van der Waals surface area contributed by atoms with Crippen molar-refractivity contribution in [1.29, 1.82) is 0 Å². The minimum absolute atomic E-state index is 0.0229. The van der Waals surface area contributed by atoms with Crippen molar-refractivity contribution < 1.29 is 4.74 Å². The zero-order valence-electron chi connectivity index (χ0n) is 10.7. The van der Waals surface area contributed by atoms with Crippen LogP contribution in [0.25, 0.3) is 11.1 Å². The van der Waals surface area contributed by atoms with Crippen LogP contribution in [0.4, 0.5) is 0 Å². The van der Waals surface area contributed by atoms with E-state index in [0.29, 0.717) is 28.1 Å². The average molecular weight is 297 g/mol. The van der Waals surface area contributed by atoms with Crippen molar-refractivity contribution in [3.63, 3.8) is 0 Å². The lowest BCUT2D eigenvalue weighted by atomic mass is 10.1. The molecule has 0 aliphatic carbocycles. The van der Waals surface area contributed by atoms with E-state index in [9.17, 15) is 0 Å². The molecule has 0 amide bonds. The molecular formula is C14H14Cl2N2O. The van der Waals surface area contributed by atoms with E-state index >= 15 is 0 Å². The molecule has 0 bridgehead atoms. The predicted molar refractivity (Wildman–Crippen MR) is 77.7 cm³/mol. The van der Waals surface area contributed by atoms with Gasteiger partial charge in [0, 0.05) is 13.5 Å². The van der Waals surface area contributed by atoms with Crippen LogP contribution < -0.4 is 0 Å². The van der Waals surface area contributed by atoms with E-state index in [1.165, 1.54) is 0 Å². The van der Waals surface area contributed by atoms with Crippen LogP contribution in [0.2, 0.25) is 10.3 Å². The molecule has 1 aromatic heterocycles. The maximum Gasteiger partial charge on any atom is 0.142 e. The van der Waals surface area contributed by atoms with Gasteiger partial charge in [0.1, 0.15) is 16.1 Å². The Morgan fingerprint density at radius 2 is 1.68 bits per heavy atom. The highest BCUT2D eigenvalue weighted by Crippen LogP contribution is 2.32. The van der Waals surface area contributed by atoms with Gasteiger partial charge < -0.3 is 4.74 Å². The zero-order valence-corrected chi connectivity index (χ0v) is 12.2. The third kappa shape index (κ3) is 3.44. The molecule has 100 valence electrons. The summed E-state index contributed by atoms with van der Waals surface area (Å²) in [7, 11) is 1.65. The summed E-state index contributed by atoms with van der Waals surface area (Å²) in [5, 5.41) is 0.731. The number of hydrogen-bond donors (Lipinski definition) is 0. The molecule has 19 heavy (non-hydrogen) atoms. The second-order valence-electron chi connectivity index (χ2n) is 4.21. The summed E-state index contributed by atoms with van der Waals surface area (Å²) in [6.07, 6.45) is 0.597. The number of ether oxygens (including phenoxy) is 1. The molecule has 1 aromatic carbocycles. The second kappa shape index (κ2) is 6.33. The third-order valence-corrected chi connectivity index (χ3v) is 3.35. The zero-order chi connectivity index (χ0) is 13.8. The number of aromatic nitrogens is 2. The molecule has 0 saturated heterocycles. The minimum Gasteiger partial charge on any atom is -0.381 e. The highest BCUT2D eigenvalue weighted by Gasteiger charge is 2.14. The van der Waals surface area contributed by atoms with E-state index in [1.807, 2.05) is 37.3 Å². The van der Waals surface area contributed by atoms with Crippen molar-refractivity contribution in [3.8, 4) is 11.1 Å². The number of hydrogen-bond acceptors (Lipinski definition) is 3. The Morgan fingerprint density at radius 1 is 1.11 bits per heavy atom. The SMILES string of the molecule is COC(C)Cc1nc(Cl)c(-c2ccccc2)c(Cl)n1. The molecule has 2 rings (SSSR count). The minimum atomic E-state index is 0.0229. The van der Waals surface area contributed by atoms with Crippen LogP contribution in [-0.2, 0) is 11.2 Å². The fourth-order valence-corrected chi connectivity index (χ4v) is 2.36. The highest BCUT2D eigenvalue weighted by atomic mass is 35.5. The molecule has 1 unspecified atom stereocenters. The second-order valence-corrected chi connectivity index (χ2v) is 4.93. The summed E-state index contributed by atoms with van der Waals surface area (Å²) in [4.78, 5) is 8.58. The van der Waals surface area contributed by atoms with E-state index < -0.39 is 0 Å². The fourth-order valence-electron chi connectivity index (χ4n) is 1.72. The van der Waals surface area contributed by atoms with Gasteiger partial charge in [0.15, 0.2) is 0 Å². The van der Waals surface area contributed by atoms with Crippen LogP contribution >= 0.6 is 23.2 Å². The van der Waals surface area contributed by atoms with Gasteiger partial charge in [0.2, 0.25) is 0 Å². The van der Waals surface area contributed by atoms with Crippen LogP contribution in [0.1, 0.15) is 12.7 Å². The normalized spacial score (nSPS) is 12.4. The van der Waals surface area contributed by atoms with Crippen molar-refractivity contribution in [3.05, 3.63) is 46.5 Å². The largest absolute Gasteiger partial charge is 0.381 e. The lowest BCUT2D eigenvalue weighted by Crippen LogP contribution is -2.12. The quantitative estimate of drug-likeness (QED) is 0.799. The smallest absolute Gasteiger partial charge is 0.142 e. The van der Waals surface area contributed by atoms with Gasteiger partial charge >= 0.3 is 0 Å². The van der Waals surface area contributed by atoms with Gasteiger partial charge in [-0.15, -0.1) is 0 Å². The molecule has 2 aromatic rings. The molecule has 3 nitrogen and oxygen atoms in total. The van der Waals surface area contributed by atoms with Crippen LogP contribution in [0, 0.1) is 0 Å². The number of nitrogens with zero attached hydrogens (tertiary/aromatic N) is 2. The van der Waals surface area contributed by atoms with E-state index in [0.717, 1.165) is 5.56 Å². The summed E-state index contributed by atoms with van der Waals surface area (Å²) < 4.78 is 5.18. The van der Waals surface area contributed by atoms with Crippen LogP contribution in [0.5, 0.6) is 0 Å². The van der Waals surface area contributed by atoms with Crippen LogP contribution in [0.3, 0.4) is 0 Å². The predicted octanol–water partition coefficient (Wildman–Crippen LogP) is 4.03. The first-order chi connectivity index (χ1) is 9.11. The van der Waals surface area contributed by atoms with Gasteiger partial charge in [-0.3, -0.25) is 0 Å². The topological polar surface area (TPSA) is 35.0 Å². The average Bonchev–Trinajstić information content (AvgIpc) is 2.39. The first-order valence-corrected chi connectivity index (χ1v) is 6.67. The molecule has 0 spiro atoms. The Bertz CT molecular complexity index is 538. The third-order valence-electron chi connectivity index (χ3n) is 2.80. The van der Waals surface area contributed by atoms with Crippen molar-refractivity contribution >= 4 is 23.2 Å². The molecule has 0 radical (unpaired) electrons. The van der Waals surface area contributed by atoms with Crippen LogP contribution in [-0.4, -0.2) is 23.2 Å². The maximum absolute atomic E-state index is 6.22. The fraction of sp³-hybridized carbons (Fsp3) is 0.286. The molecule has 0 saturated carbocycles. The Hall–Kier alpha value is -1.16. The number of rotatable bonds is 4. The van der Waals surface area contributed by atoms with Crippen molar-refractivity contribution in [1.82, 2.24) is 9.97 Å². The monoisotopic (exact) mass is 296 g/mol. The Kier molecular flexibility index (Phi) is 4.75. The van der Waals surface area contributed by atoms with E-state index in [2.05, 4.69) is 9.97 Å². The lowest BCUT2D eigenvalue weighted by Gasteiger charge is -2.11. The summed E-state index contributed by atoms with van der Waals surface area (Å²) in [6.45, 7) is 1.94. The first kappa shape index (κ1) is 14.3. The van der Waals surface area contributed by atoms with Gasteiger partial charge in [0.05, 0.1) is 11.7 Å². The Balaban J connectivity index is 2.38. The van der Waals surface area contributed by atoms with Crippen molar-refractivity contribution in [2.75, 3.05) is 7.11 Å². The first-order valence-electron chi connectivity index (χ1n) is 5.92. The highest BCUT2D eigenvalue weighted by molar-refractivity contribution is 6.37. The summed E-state index contributed by atoms with van der Waals surface area (Å²) in [5.74, 6) is 0.587. The molecular weight excluding hydrogens is 283 g/mol. The van der Waals surface area contributed by atoms with Gasteiger partial charge in [0.25, 0.3) is 0 Å². The number of halogens is 2. The standard InChI is InChI=1S/C14H14Cl2N2O/c1-9(19-2)8-11-17-13(15)12(14(16)18-11)10-6-4-3-5-7-10/h3-7,9H,8H2,1-2H3. The Labute approximate surface area is 122 Å². The molecule has 0 N–H and O–H groups in total. The lowest BCUT2D eigenvalue weighted by molar-refractivity contribution is 0.117. The summed E-state index contributed by atoms with van der Waals surface area (Å²) in [5.41, 5.74) is 1.57. The maximum atomic E-state index is 6.22.